The van der Waals surface area contributed by atoms with Gasteiger partial charge in [-0.15, -0.1) is 6.58 Å². The van der Waals surface area contributed by atoms with Crippen molar-refractivity contribution in [3.63, 3.8) is 0 Å². The average molecular weight is 467 g/mol. The van der Waals surface area contributed by atoms with Crippen molar-refractivity contribution in [2.75, 3.05) is 18.6 Å². The van der Waals surface area contributed by atoms with Gasteiger partial charge in [0.15, 0.2) is 16.6 Å². The Morgan fingerprint density at radius 2 is 2.03 bits per heavy atom. The van der Waals surface area contributed by atoms with Gasteiger partial charge in [-0.25, -0.2) is 4.79 Å². The van der Waals surface area contributed by atoms with Crippen molar-refractivity contribution < 1.29 is 29.0 Å². The summed E-state index contributed by atoms with van der Waals surface area (Å²) in [7, 11) is 1.50. The van der Waals surface area contributed by atoms with Gasteiger partial charge in [0, 0.05) is 5.56 Å². The fourth-order valence-electron chi connectivity index (χ4n) is 3.37. The third-order valence-corrected chi connectivity index (χ3v) is 5.08. The zero-order chi connectivity index (χ0) is 24.1. The van der Waals surface area contributed by atoms with Crippen LogP contribution in [0.4, 0.5) is 5.69 Å². The van der Waals surface area contributed by atoms with Crippen LogP contribution in [-0.2, 0) is 16.0 Å². The van der Waals surface area contributed by atoms with Gasteiger partial charge in [-0.1, -0.05) is 12.1 Å². The zero-order valence-corrected chi connectivity index (χ0v) is 18.9. The fourth-order valence-corrected chi connectivity index (χ4v) is 3.65. The minimum absolute atomic E-state index is 0.0177. The van der Waals surface area contributed by atoms with E-state index in [9.17, 15) is 19.5 Å². The van der Waals surface area contributed by atoms with Gasteiger partial charge in [0.25, 0.3) is 11.8 Å². The molecule has 33 heavy (non-hydrogen) atoms. The van der Waals surface area contributed by atoms with E-state index in [1.54, 1.807) is 18.2 Å². The van der Waals surface area contributed by atoms with Gasteiger partial charge >= 0.3 is 5.97 Å². The summed E-state index contributed by atoms with van der Waals surface area (Å²) in [5.74, 6) is -1.47. The van der Waals surface area contributed by atoms with Gasteiger partial charge in [-0.05, 0) is 67.5 Å². The number of rotatable bonds is 8. The lowest BCUT2D eigenvalue weighted by molar-refractivity contribution is -0.122. The molecule has 0 unspecified atom stereocenters. The molecule has 1 heterocycles. The molecule has 2 aromatic carbocycles. The quantitative estimate of drug-likeness (QED) is 0.266. The van der Waals surface area contributed by atoms with Gasteiger partial charge in [0.2, 0.25) is 0 Å². The molecule has 2 amide bonds. The van der Waals surface area contributed by atoms with Crippen molar-refractivity contribution in [3.05, 3.63) is 71.3 Å². The molecule has 8 nitrogen and oxygen atoms in total. The van der Waals surface area contributed by atoms with E-state index in [4.69, 9.17) is 21.7 Å². The Kier molecular flexibility index (Phi) is 7.24. The van der Waals surface area contributed by atoms with E-state index in [0.29, 0.717) is 30.1 Å². The lowest BCUT2D eigenvalue weighted by Gasteiger charge is -2.29. The standard InChI is InChI=1S/C24H22N2O6S/c1-4-7-15-10-14(12-19(31-3)20(15)32-5-2)11-18-21(27)25-24(33)26(22(18)28)17-9-6-8-16(13-17)23(29)30/h4,6,8-13H,1,5,7H2,2-3H3,(H,29,30)(H,25,27,33). The molecule has 1 fully saturated rings. The number of thiocarbonyl (C=S) groups is 1. The molecule has 1 aliphatic heterocycles. The first-order valence-electron chi connectivity index (χ1n) is 10.00. The van der Waals surface area contributed by atoms with Crippen LogP contribution in [0.25, 0.3) is 6.08 Å². The van der Waals surface area contributed by atoms with Gasteiger partial charge in [-0.3, -0.25) is 19.8 Å². The van der Waals surface area contributed by atoms with Gasteiger partial charge < -0.3 is 14.6 Å². The van der Waals surface area contributed by atoms with Crippen LogP contribution in [0.5, 0.6) is 11.5 Å². The van der Waals surface area contributed by atoms with Gasteiger partial charge in [0.1, 0.15) is 5.57 Å². The predicted molar refractivity (Wildman–Crippen MR) is 128 cm³/mol. The van der Waals surface area contributed by atoms with Gasteiger partial charge in [0.05, 0.1) is 25.0 Å². The predicted octanol–water partition coefficient (Wildman–Crippen LogP) is 3.35. The van der Waals surface area contributed by atoms with Gasteiger partial charge in [-0.2, -0.15) is 0 Å². The van der Waals surface area contributed by atoms with Crippen LogP contribution in [-0.4, -0.2) is 41.7 Å². The summed E-state index contributed by atoms with van der Waals surface area (Å²) in [6.45, 7) is 6.05. The number of carboxylic acid groups (broad SMARTS) is 1. The van der Waals surface area contributed by atoms with Crippen LogP contribution < -0.4 is 19.7 Å². The molecular weight excluding hydrogens is 444 g/mol. The summed E-state index contributed by atoms with van der Waals surface area (Å²) in [5.41, 5.74) is 1.37. The molecule has 0 spiro atoms. The van der Waals surface area contributed by atoms with Crippen LogP contribution in [0.1, 0.15) is 28.4 Å². The second kappa shape index (κ2) is 10.1. The number of aromatic carboxylic acids is 1. The van der Waals surface area contributed by atoms with Crippen molar-refractivity contribution in [1.82, 2.24) is 5.32 Å². The number of methoxy groups -OCH3 is 1. The maximum absolute atomic E-state index is 13.3. The smallest absolute Gasteiger partial charge is 0.335 e. The Balaban J connectivity index is 2.08. The highest BCUT2D eigenvalue weighted by atomic mass is 32.1. The third kappa shape index (κ3) is 4.93. The van der Waals surface area contributed by atoms with Crippen molar-refractivity contribution >= 4 is 46.9 Å². The van der Waals surface area contributed by atoms with E-state index < -0.39 is 17.8 Å². The van der Waals surface area contributed by atoms with Crippen LogP contribution in [0.3, 0.4) is 0 Å². The van der Waals surface area contributed by atoms with Crippen LogP contribution in [0.2, 0.25) is 0 Å². The third-order valence-electron chi connectivity index (χ3n) is 4.79. The summed E-state index contributed by atoms with van der Waals surface area (Å²) >= 11 is 5.18. The topological polar surface area (TPSA) is 105 Å². The Labute approximate surface area is 196 Å². The largest absolute Gasteiger partial charge is 0.493 e. The van der Waals surface area contributed by atoms with Crippen molar-refractivity contribution in [2.24, 2.45) is 0 Å². The molecule has 170 valence electrons. The van der Waals surface area contributed by atoms with E-state index in [2.05, 4.69) is 11.9 Å². The maximum Gasteiger partial charge on any atom is 0.335 e. The SMILES string of the molecule is C=CCc1cc(C=C2C(=O)NC(=S)N(c3cccc(C(=O)O)c3)C2=O)cc(OC)c1OCC. The number of carboxylic acids is 1. The molecule has 0 atom stereocenters. The summed E-state index contributed by atoms with van der Waals surface area (Å²) in [5, 5.41) is 11.6. The summed E-state index contributed by atoms with van der Waals surface area (Å²) in [4.78, 5) is 38.3. The molecule has 9 heteroatoms. The molecule has 1 aliphatic rings. The molecule has 2 aromatic rings. The lowest BCUT2D eigenvalue weighted by atomic mass is 10.0. The summed E-state index contributed by atoms with van der Waals surface area (Å²) in [6, 6.07) is 9.18. The number of nitrogens with zero attached hydrogens (tertiary/aromatic N) is 1. The average Bonchev–Trinajstić information content (AvgIpc) is 2.78. The Bertz CT molecular complexity index is 1190. The van der Waals surface area contributed by atoms with E-state index in [0.717, 1.165) is 10.5 Å². The Morgan fingerprint density at radius 3 is 2.67 bits per heavy atom. The molecule has 0 radical (unpaired) electrons. The van der Waals surface area contributed by atoms with Crippen molar-refractivity contribution in [2.45, 2.75) is 13.3 Å². The number of carbonyl (C=O) groups excluding carboxylic acids is 2. The minimum Gasteiger partial charge on any atom is -0.493 e. The second-order valence-corrected chi connectivity index (χ2v) is 7.34. The highest BCUT2D eigenvalue weighted by Crippen LogP contribution is 2.35. The normalized spacial score (nSPS) is 14.8. The number of hydrogen-bond acceptors (Lipinski definition) is 6. The second-order valence-electron chi connectivity index (χ2n) is 6.95. The summed E-state index contributed by atoms with van der Waals surface area (Å²) < 4.78 is 11.2. The highest BCUT2D eigenvalue weighted by Gasteiger charge is 2.34. The molecule has 0 bridgehead atoms. The number of carbonyl (C=O) groups is 3. The molecule has 0 aromatic heterocycles. The number of ether oxygens (including phenoxy) is 2. The van der Waals surface area contributed by atoms with Crippen molar-refractivity contribution in [1.29, 1.82) is 0 Å². The molecule has 0 aliphatic carbocycles. The highest BCUT2D eigenvalue weighted by molar-refractivity contribution is 7.80. The number of nitrogens with one attached hydrogen (secondary N) is 1. The van der Waals surface area contributed by atoms with E-state index in [1.165, 1.54) is 37.5 Å². The first-order chi connectivity index (χ1) is 15.8. The molecule has 0 saturated carbocycles. The van der Waals surface area contributed by atoms with Crippen LogP contribution in [0, 0.1) is 0 Å². The minimum atomic E-state index is -1.15. The maximum atomic E-state index is 13.3. The van der Waals surface area contributed by atoms with E-state index in [-0.39, 0.29) is 21.9 Å². The zero-order valence-electron chi connectivity index (χ0n) is 18.1. The number of anilines is 1. The molecular formula is C24H22N2O6S. The van der Waals surface area contributed by atoms with Crippen LogP contribution >= 0.6 is 12.2 Å². The van der Waals surface area contributed by atoms with Crippen molar-refractivity contribution in [3.8, 4) is 11.5 Å². The van der Waals surface area contributed by atoms with Crippen LogP contribution in [0.15, 0.2) is 54.6 Å². The number of allylic oxidation sites excluding steroid dienone is 1. The fraction of sp³-hybridized carbons (Fsp3) is 0.167. The van der Waals surface area contributed by atoms with E-state index >= 15 is 0 Å². The Morgan fingerprint density at radius 1 is 1.27 bits per heavy atom. The Hall–Kier alpha value is -3.98. The number of hydrogen-bond donors (Lipinski definition) is 2. The molecule has 1 saturated heterocycles. The molecule has 3 rings (SSSR count). The van der Waals surface area contributed by atoms with E-state index in [1.807, 2.05) is 6.92 Å². The molecule has 2 N–H and O–H groups in total. The lowest BCUT2D eigenvalue weighted by Crippen LogP contribution is -2.54. The first-order valence-corrected chi connectivity index (χ1v) is 10.4. The number of amides is 2. The number of benzene rings is 2. The first kappa shape index (κ1) is 23.7. The monoisotopic (exact) mass is 466 g/mol. The summed E-state index contributed by atoms with van der Waals surface area (Å²) in [6.07, 6.45) is 3.63.